The molecule has 2 aromatic carbocycles. The van der Waals surface area contributed by atoms with E-state index in [-0.39, 0.29) is 4.90 Å². The minimum atomic E-state index is -4.05. The van der Waals surface area contributed by atoms with Crippen molar-refractivity contribution < 1.29 is 22.3 Å². The number of sulfone groups is 1. The van der Waals surface area contributed by atoms with Gasteiger partial charge >= 0.3 is 0 Å². The van der Waals surface area contributed by atoms with Gasteiger partial charge in [-0.05, 0) is 48.0 Å². The predicted molar refractivity (Wildman–Crippen MR) is 86.7 cm³/mol. The Kier molecular flexibility index (Phi) is 5.21. The van der Waals surface area contributed by atoms with Crippen LogP contribution in [0.3, 0.4) is 0 Å². The molecule has 0 amide bonds. The van der Waals surface area contributed by atoms with Gasteiger partial charge in [-0.3, -0.25) is 0 Å². The van der Waals surface area contributed by atoms with E-state index in [1.807, 2.05) is 0 Å². The number of nitrogens with zero attached hydrogens (tertiary/aromatic N) is 1. The van der Waals surface area contributed by atoms with Gasteiger partial charge in [0.2, 0.25) is 9.84 Å². The summed E-state index contributed by atoms with van der Waals surface area (Å²) in [7, 11) is -1.13. The molecule has 0 aliphatic rings. The van der Waals surface area contributed by atoms with Crippen molar-refractivity contribution in [3.63, 3.8) is 0 Å². The lowest BCUT2D eigenvalue weighted by Crippen LogP contribution is -2.03. The number of halogens is 1. The quantitative estimate of drug-likeness (QED) is 0.613. The number of methoxy groups -OCH3 is 2. The molecule has 0 atom stereocenters. The third-order valence-corrected chi connectivity index (χ3v) is 4.88. The number of ether oxygens (including phenoxy) is 2. The summed E-state index contributed by atoms with van der Waals surface area (Å²) in [5.41, 5.74) is 0.424. The van der Waals surface area contributed by atoms with Gasteiger partial charge in [-0.15, -0.1) is 0 Å². The van der Waals surface area contributed by atoms with E-state index in [1.165, 1.54) is 20.3 Å². The number of allylic oxidation sites excluding steroid dienone is 1. The maximum Gasteiger partial charge on any atom is 0.216 e. The zero-order valence-corrected chi connectivity index (χ0v) is 13.8. The smallest absolute Gasteiger partial charge is 0.216 e. The highest BCUT2D eigenvalue weighted by Crippen LogP contribution is 2.26. The third-order valence-electron chi connectivity index (χ3n) is 3.20. The van der Waals surface area contributed by atoms with Crippen LogP contribution in [0.5, 0.6) is 11.5 Å². The molecule has 5 nitrogen and oxygen atoms in total. The number of hydrogen-bond acceptors (Lipinski definition) is 5. The summed E-state index contributed by atoms with van der Waals surface area (Å²) >= 11 is 0. The van der Waals surface area contributed by atoms with Gasteiger partial charge in [-0.25, -0.2) is 12.8 Å². The molecule has 0 aromatic heterocycles. The lowest BCUT2D eigenvalue weighted by atomic mass is 10.2. The molecule has 0 aliphatic carbocycles. The van der Waals surface area contributed by atoms with Crippen LogP contribution in [0, 0.1) is 17.1 Å². The SMILES string of the molecule is COc1cc(C=C(C#N)S(=O)(=O)c2ccc(F)cc2)cc(OC)c1. The Bertz CT molecular complexity index is 890. The van der Waals surface area contributed by atoms with Crippen LogP contribution < -0.4 is 9.47 Å². The van der Waals surface area contributed by atoms with E-state index in [1.54, 1.807) is 24.3 Å². The van der Waals surface area contributed by atoms with Crippen molar-refractivity contribution in [2.45, 2.75) is 4.90 Å². The Hall–Kier alpha value is -2.85. The average Bonchev–Trinajstić information content (AvgIpc) is 2.59. The molecule has 0 radical (unpaired) electrons. The van der Waals surface area contributed by atoms with Crippen LogP contribution in [0.25, 0.3) is 6.08 Å². The van der Waals surface area contributed by atoms with Crippen molar-refractivity contribution in [2.75, 3.05) is 14.2 Å². The van der Waals surface area contributed by atoms with Gasteiger partial charge < -0.3 is 9.47 Å². The fraction of sp³-hybridized carbons (Fsp3) is 0.118. The Morgan fingerprint density at radius 2 is 1.62 bits per heavy atom. The lowest BCUT2D eigenvalue weighted by Gasteiger charge is -2.07. The van der Waals surface area contributed by atoms with E-state index in [0.717, 1.165) is 24.3 Å². The van der Waals surface area contributed by atoms with Crippen LogP contribution in [-0.4, -0.2) is 22.6 Å². The zero-order chi connectivity index (χ0) is 17.7. The van der Waals surface area contributed by atoms with Crippen molar-refractivity contribution in [2.24, 2.45) is 0 Å². The molecule has 0 saturated carbocycles. The van der Waals surface area contributed by atoms with Crippen molar-refractivity contribution >= 4 is 15.9 Å². The highest BCUT2D eigenvalue weighted by atomic mass is 32.2. The highest BCUT2D eigenvalue weighted by molar-refractivity contribution is 7.95. The Morgan fingerprint density at radius 1 is 1.08 bits per heavy atom. The minimum absolute atomic E-state index is 0.161. The van der Waals surface area contributed by atoms with Gasteiger partial charge in [0.1, 0.15) is 28.3 Å². The fourth-order valence-corrected chi connectivity index (χ4v) is 3.13. The maximum atomic E-state index is 13.0. The van der Waals surface area contributed by atoms with Gasteiger partial charge in [0, 0.05) is 6.07 Å². The van der Waals surface area contributed by atoms with Crippen LogP contribution >= 0.6 is 0 Å². The standard InChI is InChI=1S/C17H14FNO4S/c1-22-14-7-12(8-15(10-14)23-2)9-17(11-19)24(20,21)16-5-3-13(18)4-6-16/h3-10H,1-2H3. The monoisotopic (exact) mass is 347 g/mol. The summed E-state index contributed by atoms with van der Waals surface area (Å²) in [6.07, 6.45) is 1.21. The molecule has 2 rings (SSSR count). The van der Waals surface area contributed by atoms with Crippen LogP contribution in [0.4, 0.5) is 4.39 Å². The summed E-state index contributed by atoms with van der Waals surface area (Å²) in [6.45, 7) is 0. The second kappa shape index (κ2) is 7.15. The molecule has 0 bridgehead atoms. The molecule has 7 heteroatoms. The molecule has 2 aromatic rings. The highest BCUT2D eigenvalue weighted by Gasteiger charge is 2.21. The summed E-state index contributed by atoms with van der Waals surface area (Å²) in [6, 6.07) is 10.7. The molecule has 0 fully saturated rings. The molecular formula is C17H14FNO4S. The Balaban J connectivity index is 2.53. The number of hydrogen-bond donors (Lipinski definition) is 0. The number of rotatable bonds is 5. The van der Waals surface area contributed by atoms with Gasteiger partial charge in [-0.2, -0.15) is 5.26 Å². The molecule has 0 unspecified atom stereocenters. The number of nitriles is 1. The van der Waals surface area contributed by atoms with E-state index in [4.69, 9.17) is 9.47 Å². The fourth-order valence-electron chi connectivity index (χ4n) is 1.97. The largest absolute Gasteiger partial charge is 0.497 e. The van der Waals surface area contributed by atoms with Gasteiger partial charge in [-0.1, -0.05) is 0 Å². The van der Waals surface area contributed by atoms with Crippen LogP contribution in [0.15, 0.2) is 52.3 Å². The normalized spacial score (nSPS) is 11.7. The van der Waals surface area contributed by atoms with Crippen LogP contribution in [-0.2, 0) is 9.84 Å². The second-order valence-corrected chi connectivity index (χ2v) is 6.64. The lowest BCUT2D eigenvalue weighted by molar-refractivity contribution is 0.394. The summed E-state index contributed by atoms with van der Waals surface area (Å²) in [5, 5.41) is 9.26. The third kappa shape index (κ3) is 3.73. The summed E-state index contributed by atoms with van der Waals surface area (Å²) < 4.78 is 48.2. The Labute approximate surface area is 139 Å². The summed E-state index contributed by atoms with van der Waals surface area (Å²) in [5.74, 6) is 0.350. The van der Waals surface area contributed by atoms with E-state index < -0.39 is 20.6 Å². The van der Waals surface area contributed by atoms with E-state index in [0.29, 0.717) is 17.1 Å². The first kappa shape index (κ1) is 17.5. The minimum Gasteiger partial charge on any atom is -0.497 e. The molecule has 0 N–H and O–H groups in total. The predicted octanol–water partition coefficient (Wildman–Crippen LogP) is 3.18. The van der Waals surface area contributed by atoms with Crippen molar-refractivity contribution in [1.82, 2.24) is 0 Å². The maximum absolute atomic E-state index is 13.0. The first-order chi connectivity index (χ1) is 11.4. The molecule has 0 spiro atoms. The Morgan fingerprint density at radius 3 is 2.08 bits per heavy atom. The molecule has 24 heavy (non-hydrogen) atoms. The van der Waals surface area contributed by atoms with Crippen LogP contribution in [0.2, 0.25) is 0 Å². The zero-order valence-electron chi connectivity index (χ0n) is 13.0. The van der Waals surface area contributed by atoms with E-state index >= 15 is 0 Å². The van der Waals surface area contributed by atoms with Gasteiger partial charge in [0.15, 0.2) is 0 Å². The van der Waals surface area contributed by atoms with Gasteiger partial charge in [0.25, 0.3) is 0 Å². The van der Waals surface area contributed by atoms with Crippen LogP contribution in [0.1, 0.15) is 5.56 Å². The first-order valence-corrected chi connectivity index (χ1v) is 8.24. The molecule has 124 valence electrons. The van der Waals surface area contributed by atoms with Crippen molar-refractivity contribution in [1.29, 1.82) is 5.26 Å². The van der Waals surface area contributed by atoms with E-state index in [2.05, 4.69) is 0 Å². The van der Waals surface area contributed by atoms with Crippen molar-refractivity contribution in [3.8, 4) is 17.6 Å². The molecular weight excluding hydrogens is 333 g/mol. The molecule has 0 aliphatic heterocycles. The number of benzene rings is 2. The van der Waals surface area contributed by atoms with Gasteiger partial charge in [0.05, 0.1) is 19.1 Å². The molecule has 0 saturated heterocycles. The van der Waals surface area contributed by atoms with E-state index in [9.17, 15) is 18.1 Å². The topological polar surface area (TPSA) is 76.4 Å². The summed E-state index contributed by atoms with van der Waals surface area (Å²) in [4.78, 5) is -0.629. The van der Waals surface area contributed by atoms with Crippen molar-refractivity contribution in [3.05, 3.63) is 58.8 Å². The average molecular weight is 347 g/mol. The molecule has 0 heterocycles. The second-order valence-electron chi connectivity index (χ2n) is 4.72. The first-order valence-electron chi connectivity index (χ1n) is 6.76.